The van der Waals surface area contributed by atoms with E-state index < -0.39 is 0 Å². The second-order valence-electron chi connectivity index (χ2n) is 4.61. The molecule has 5 heteroatoms. The third-order valence-corrected chi connectivity index (χ3v) is 4.67. The molecule has 0 atom stereocenters. The monoisotopic (exact) mass is 339 g/mol. The van der Waals surface area contributed by atoms with E-state index >= 15 is 0 Å². The van der Waals surface area contributed by atoms with Gasteiger partial charge in [-0.2, -0.15) is 0 Å². The first-order chi connectivity index (χ1) is 10.0. The Morgan fingerprint density at radius 1 is 1.14 bits per heavy atom. The highest BCUT2D eigenvalue weighted by Crippen LogP contribution is 2.26. The number of hydrogen-bond donors (Lipinski definition) is 0. The van der Waals surface area contributed by atoms with Crippen molar-refractivity contribution in [3.05, 3.63) is 63.6 Å². The van der Waals surface area contributed by atoms with E-state index in [1.54, 1.807) is 41.9 Å². The van der Waals surface area contributed by atoms with Crippen molar-refractivity contribution in [1.82, 2.24) is 4.90 Å². The summed E-state index contributed by atoms with van der Waals surface area (Å²) in [6, 6.07) is 13.2. The van der Waals surface area contributed by atoms with Crippen LogP contribution in [0.2, 0.25) is 10.0 Å². The van der Waals surface area contributed by atoms with Crippen LogP contribution in [0.3, 0.4) is 0 Å². The summed E-state index contributed by atoms with van der Waals surface area (Å²) in [6.45, 7) is 0.524. The van der Waals surface area contributed by atoms with Crippen molar-refractivity contribution in [2.45, 2.75) is 11.4 Å². The molecular formula is C16H15Cl2NOS. The van der Waals surface area contributed by atoms with Crippen molar-refractivity contribution >= 4 is 40.9 Å². The maximum atomic E-state index is 12.4. The Hall–Kier alpha value is -1.16. The fourth-order valence-corrected chi connectivity index (χ4v) is 2.74. The number of halogens is 2. The average molecular weight is 340 g/mol. The number of rotatable bonds is 4. The molecular weight excluding hydrogens is 325 g/mol. The summed E-state index contributed by atoms with van der Waals surface area (Å²) in [5.74, 6) is -0.142. The van der Waals surface area contributed by atoms with E-state index in [1.807, 2.05) is 30.5 Å². The van der Waals surface area contributed by atoms with Crippen LogP contribution in [0.25, 0.3) is 0 Å². The molecule has 1 amide bonds. The molecule has 0 saturated carbocycles. The summed E-state index contributed by atoms with van der Waals surface area (Å²) in [4.78, 5) is 15.3. The standard InChI is InChI=1S/C16H15Cl2NOS/c1-19(10-11-6-8-12(21-2)9-7-11)16(20)13-4-3-5-14(17)15(13)18/h3-9H,10H2,1-2H3. The first-order valence-corrected chi connectivity index (χ1v) is 8.33. The zero-order valence-corrected chi connectivity index (χ0v) is 14.1. The lowest BCUT2D eigenvalue weighted by Gasteiger charge is -2.18. The largest absolute Gasteiger partial charge is 0.337 e. The van der Waals surface area contributed by atoms with Gasteiger partial charge in [-0.05, 0) is 36.1 Å². The van der Waals surface area contributed by atoms with Crippen LogP contribution in [0.1, 0.15) is 15.9 Å². The number of amides is 1. The highest BCUT2D eigenvalue weighted by molar-refractivity contribution is 7.98. The molecule has 2 aromatic rings. The molecule has 0 unspecified atom stereocenters. The topological polar surface area (TPSA) is 20.3 Å². The summed E-state index contributed by atoms with van der Waals surface area (Å²) in [5.41, 5.74) is 1.49. The van der Waals surface area contributed by atoms with E-state index in [2.05, 4.69) is 0 Å². The van der Waals surface area contributed by atoms with Crippen LogP contribution in [-0.4, -0.2) is 24.1 Å². The lowest BCUT2D eigenvalue weighted by Crippen LogP contribution is -2.26. The van der Waals surface area contributed by atoms with E-state index in [0.717, 1.165) is 5.56 Å². The van der Waals surface area contributed by atoms with E-state index in [0.29, 0.717) is 22.2 Å². The van der Waals surface area contributed by atoms with Crippen LogP contribution in [0.4, 0.5) is 0 Å². The zero-order valence-electron chi connectivity index (χ0n) is 11.8. The summed E-state index contributed by atoms with van der Waals surface area (Å²) >= 11 is 13.7. The van der Waals surface area contributed by atoms with Gasteiger partial charge in [-0.1, -0.05) is 41.4 Å². The van der Waals surface area contributed by atoms with E-state index in [1.165, 1.54) is 4.90 Å². The van der Waals surface area contributed by atoms with Gasteiger partial charge in [-0.3, -0.25) is 4.79 Å². The van der Waals surface area contributed by atoms with Crippen LogP contribution < -0.4 is 0 Å². The maximum Gasteiger partial charge on any atom is 0.255 e. The molecule has 0 aliphatic carbocycles. The smallest absolute Gasteiger partial charge is 0.255 e. The number of hydrogen-bond acceptors (Lipinski definition) is 2. The number of benzene rings is 2. The van der Waals surface area contributed by atoms with E-state index in [-0.39, 0.29) is 5.91 Å². The van der Waals surface area contributed by atoms with Crippen LogP contribution in [0, 0.1) is 0 Å². The minimum absolute atomic E-state index is 0.142. The first kappa shape index (κ1) is 16.2. The molecule has 0 fully saturated rings. The van der Waals surface area contributed by atoms with Gasteiger partial charge in [0.25, 0.3) is 5.91 Å². The van der Waals surface area contributed by atoms with Crippen LogP contribution in [0.15, 0.2) is 47.4 Å². The Labute approximate surface area is 139 Å². The van der Waals surface area contributed by atoms with Crippen molar-refractivity contribution in [3.8, 4) is 0 Å². The maximum absolute atomic E-state index is 12.4. The SMILES string of the molecule is CSc1ccc(CN(C)C(=O)c2cccc(Cl)c2Cl)cc1. The Morgan fingerprint density at radius 3 is 2.43 bits per heavy atom. The van der Waals surface area contributed by atoms with Crippen LogP contribution in [0.5, 0.6) is 0 Å². The van der Waals surface area contributed by atoms with Gasteiger partial charge in [0.05, 0.1) is 15.6 Å². The molecule has 0 saturated heterocycles. The van der Waals surface area contributed by atoms with Crippen molar-refractivity contribution in [3.63, 3.8) is 0 Å². The van der Waals surface area contributed by atoms with Crippen molar-refractivity contribution < 1.29 is 4.79 Å². The number of carbonyl (C=O) groups excluding carboxylic acids is 1. The first-order valence-electron chi connectivity index (χ1n) is 6.35. The molecule has 0 aromatic heterocycles. The van der Waals surface area contributed by atoms with Crippen molar-refractivity contribution in [2.24, 2.45) is 0 Å². The fourth-order valence-electron chi connectivity index (χ4n) is 1.95. The summed E-state index contributed by atoms with van der Waals surface area (Å²) in [6.07, 6.45) is 2.03. The minimum atomic E-state index is -0.142. The normalized spacial score (nSPS) is 10.5. The highest BCUT2D eigenvalue weighted by atomic mass is 35.5. The molecule has 2 aromatic carbocycles. The van der Waals surface area contributed by atoms with Gasteiger partial charge in [0.2, 0.25) is 0 Å². The van der Waals surface area contributed by atoms with E-state index in [9.17, 15) is 4.79 Å². The summed E-state index contributed by atoms with van der Waals surface area (Å²) in [7, 11) is 1.75. The zero-order chi connectivity index (χ0) is 15.4. The molecule has 0 aliphatic rings. The molecule has 0 bridgehead atoms. The lowest BCUT2D eigenvalue weighted by molar-refractivity contribution is 0.0785. The molecule has 0 spiro atoms. The quantitative estimate of drug-likeness (QED) is 0.731. The second-order valence-corrected chi connectivity index (χ2v) is 6.28. The number of carbonyl (C=O) groups is 1. The Bertz CT molecular complexity index is 643. The van der Waals surface area contributed by atoms with Crippen molar-refractivity contribution in [2.75, 3.05) is 13.3 Å². The van der Waals surface area contributed by atoms with Gasteiger partial charge in [-0.25, -0.2) is 0 Å². The number of thioether (sulfide) groups is 1. The molecule has 0 aliphatic heterocycles. The molecule has 0 radical (unpaired) electrons. The van der Waals surface area contributed by atoms with Gasteiger partial charge >= 0.3 is 0 Å². The predicted molar refractivity (Wildman–Crippen MR) is 90.5 cm³/mol. The number of nitrogens with zero attached hydrogens (tertiary/aromatic N) is 1. The van der Waals surface area contributed by atoms with Gasteiger partial charge in [0, 0.05) is 18.5 Å². The predicted octanol–water partition coefficient (Wildman–Crippen LogP) is 4.99. The van der Waals surface area contributed by atoms with Gasteiger partial charge in [0.1, 0.15) is 0 Å². The van der Waals surface area contributed by atoms with Gasteiger partial charge < -0.3 is 4.90 Å². The van der Waals surface area contributed by atoms with E-state index in [4.69, 9.17) is 23.2 Å². The van der Waals surface area contributed by atoms with Crippen LogP contribution >= 0.6 is 35.0 Å². The van der Waals surface area contributed by atoms with Gasteiger partial charge in [0.15, 0.2) is 0 Å². The fraction of sp³-hybridized carbons (Fsp3) is 0.188. The van der Waals surface area contributed by atoms with Crippen LogP contribution in [-0.2, 0) is 6.54 Å². The summed E-state index contributed by atoms with van der Waals surface area (Å²) in [5, 5.41) is 0.689. The molecule has 0 heterocycles. The molecule has 110 valence electrons. The average Bonchev–Trinajstić information content (AvgIpc) is 2.50. The minimum Gasteiger partial charge on any atom is -0.337 e. The Balaban J connectivity index is 2.13. The molecule has 2 rings (SSSR count). The summed E-state index contributed by atoms with van der Waals surface area (Å²) < 4.78 is 0. The Morgan fingerprint density at radius 2 is 1.81 bits per heavy atom. The molecule has 2 nitrogen and oxygen atoms in total. The molecule has 0 N–H and O–H groups in total. The second kappa shape index (κ2) is 7.21. The highest BCUT2D eigenvalue weighted by Gasteiger charge is 2.16. The van der Waals surface area contributed by atoms with Gasteiger partial charge in [-0.15, -0.1) is 11.8 Å². The molecule has 21 heavy (non-hydrogen) atoms. The lowest BCUT2D eigenvalue weighted by atomic mass is 10.1. The van der Waals surface area contributed by atoms with Crippen molar-refractivity contribution in [1.29, 1.82) is 0 Å². The third-order valence-electron chi connectivity index (χ3n) is 3.11. The Kier molecular flexibility index (Phi) is 5.57. The third kappa shape index (κ3) is 3.94.